The summed E-state index contributed by atoms with van der Waals surface area (Å²) in [7, 11) is 20.0. The molecule has 0 saturated heterocycles. The first-order valence-corrected chi connectivity index (χ1v) is 14.7. The molecule has 0 aliphatic heterocycles. The molecule has 1 fully saturated rings. The van der Waals surface area contributed by atoms with Crippen molar-refractivity contribution in [3.8, 4) is 0 Å². The summed E-state index contributed by atoms with van der Waals surface area (Å²) in [5.41, 5.74) is 0. The normalized spacial score (nSPS) is 20.0. The van der Waals surface area contributed by atoms with Gasteiger partial charge in [-0.3, -0.25) is 0 Å². The predicted octanol–water partition coefficient (Wildman–Crippen LogP) is 5.10. The summed E-state index contributed by atoms with van der Waals surface area (Å²) in [5, 5.41) is 0. The number of hydrogen-bond acceptors (Lipinski definition) is 0. The second-order valence-corrected chi connectivity index (χ2v) is 22.1. The van der Waals surface area contributed by atoms with Gasteiger partial charge in [0.1, 0.15) is 0 Å². The van der Waals surface area contributed by atoms with E-state index in [0.717, 1.165) is 0 Å². The van der Waals surface area contributed by atoms with Gasteiger partial charge in [-0.2, -0.15) is 0 Å². The first kappa shape index (κ1) is 12.8. The van der Waals surface area contributed by atoms with Crippen molar-refractivity contribution in [1.29, 1.82) is 0 Å². The molecule has 1 rings (SSSR count). The zero-order chi connectivity index (χ0) is 8.74. The Labute approximate surface area is 87.4 Å². The van der Waals surface area contributed by atoms with Crippen LogP contribution in [-0.4, -0.2) is 0 Å². The van der Waals surface area contributed by atoms with Gasteiger partial charge in [-0.05, 0) is 0 Å². The Bertz CT molecular complexity index is 69.6. The van der Waals surface area contributed by atoms with Gasteiger partial charge in [0.25, 0.3) is 0 Å². The molecular weight excluding hydrogens is 409 g/mol. The van der Waals surface area contributed by atoms with Gasteiger partial charge in [-0.15, -0.1) is 0 Å². The molecule has 1 aliphatic carbocycles. The molecule has 0 atom stereocenters. The molecule has 0 aromatic rings. The Morgan fingerprint density at radius 2 is 0.636 bits per heavy atom. The van der Waals surface area contributed by atoms with E-state index in [1.807, 2.05) is 0 Å². The molecule has 0 nitrogen and oxygen atoms in total. The number of rotatable bonds is 0. The summed E-state index contributed by atoms with van der Waals surface area (Å²) in [6, 6.07) is 0. The van der Waals surface area contributed by atoms with Gasteiger partial charge in [0.15, 0.2) is 0 Å². The van der Waals surface area contributed by atoms with Gasteiger partial charge in [0.05, 0.1) is 0 Å². The van der Waals surface area contributed by atoms with Crippen molar-refractivity contribution in [2.45, 2.75) is 38.5 Å². The minimum atomic E-state index is -3.06. The number of hydrogen-bond donors (Lipinski definition) is 0. The molecule has 0 amide bonds. The van der Waals surface area contributed by atoms with E-state index in [4.69, 9.17) is 37.7 Å². The molecule has 0 N–H and O–H groups in total. The van der Waals surface area contributed by atoms with Crippen molar-refractivity contribution in [3.63, 3.8) is 0 Å². The zero-order valence-electron chi connectivity index (χ0n) is 6.07. The monoisotopic (exact) mass is 419 g/mol. The molecular formula is C6H12Cl4Pt. The molecule has 0 aromatic carbocycles. The predicted molar refractivity (Wildman–Crippen MR) is 51.1 cm³/mol. The number of halogens is 4. The second kappa shape index (κ2) is 7.27. The fourth-order valence-corrected chi connectivity index (χ4v) is 1.06. The molecule has 5 heteroatoms. The van der Waals surface area contributed by atoms with Crippen LogP contribution in [0.15, 0.2) is 0 Å². The van der Waals surface area contributed by atoms with Gasteiger partial charge in [0, 0.05) is 0 Å². The summed E-state index contributed by atoms with van der Waals surface area (Å²) in [4.78, 5) is 0. The summed E-state index contributed by atoms with van der Waals surface area (Å²) < 4.78 is 0. The average Bonchev–Trinajstić information content (AvgIpc) is 1.88. The third-order valence-electron chi connectivity index (χ3n) is 1.50. The second-order valence-electron chi connectivity index (χ2n) is 2.39. The first-order valence-electron chi connectivity index (χ1n) is 3.48. The van der Waals surface area contributed by atoms with Crippen molar-refractivity contribution in [2.75, 3.05) is 0 Å². The molecule has 0 spiro atoms. The van der Waals surface area contributed by atoms with Crippen LogP contribution in [0.2, 0.25) is 0 Å². The van der Waals surface area contributed by atoms with Crippen molar-refractivity contribution in [3.05, 3.63) is 0 Å². The van der Waals surface area contributed by atoms with E-state index in [1.54, 1.807) is 0 Å². The molecule has 1 saturated carbocycles. The van der Waals surface area contributed by atoms with Gasteiger partial charge in [-0.25, -0.2) is 0 Å². The SMILES string of the molecule is C1CCCCC1.[Cl][Pt]([Cl])([Cl])[Cl]. The zero-order valence-corrected chi connectivity index (χ0v) is 11.4. The van der Waals surface area contributed by atoms with Crippen molar-refractivity contribution < 1.29 is 11.9 Å². The van der Waals surface area contributed by atoms with E-state index in [9.17, 15) is 0 Å². The van der Waals surface area contributed by atoms with Crippen molar-refractivity contribution >= 4 is 37.7 Å². The standard InChI is InChI=1S/C6H12.4ClH.Pt/c1-2-4-6-5-3-1;;;;;/h1-6H2;4*1H;/q;;;;;+4/p-4. The van der Waals surface area contributed by atoms with Crippen LogP contribution >= 0.6 is 37.7 Å². The summed E-state index contributed by atoms with van der Waals surface area (Å²) in [5.74, 6) is 0. The van der Waals surface area contributed by atoms with Gasteiger partial charge < -0.3 is 0 Å². The maximum absolute atomic E-state index is 5.01. The fourth-order valence-electron chi connectivity index (χ4n) is 1.06. The molecule has 74 valence electrons. The fraction of sp³-hybridized carbons (Fsp3) is 1.00. The molecule has 0 radical (unpaired) electrons. The Morgan fingerprint density at radius 1 is 0.545 bits per heavy atom. The van der Waals surface area contributed by atoms with Crippen LogP contribution in [0.4, 0.5) is 0 Å². The van der Waals surface area contributed by atoms with Crippen LogP contribution in [0.5, 0.6) is 0 Å². The van der Waals surface area contributed by atoms with Gasteiger partial charge in [0.2, 0.25) is 0 Å². The van der Waals surface area contributed by atoms with Gasteiger partial charge >= 0.3 is 49.6 Å². The molecule has 0 aromatic heterocycles. The Kier molecular flexibility index (Phi) is 8.49. The molecule has 1 aliphatic rings. The Hall–Kier alpha value is 1.85. The Morgan fingerprint density at radius 3 is 0.727 bits per heavy atom. The van der Waals surface area contributed by atoms with Crippen LogP contribution in [0.3, 0.4) is 0 Å². The van der Waals surface area contributed by atoms with Crippen LogP contribution in [-0.2, 0) is 11.9 Å². The maximum atomic E-state index is 5.01. The summed E-state index contributed by atoms with van der Waals surface area (Å²) >= 11 is -3.06. The van der Waals surface area contributed by atoms with Crippen LogP contribution < -0.4 is 0 Å². The van der Waals surface area contributed by atoms with E-state index >= 15 is 0 Å². The van der Waals surface area contributed by atoms with E-state index in [0.29, 0.717) is 0 Å². The Balaban J connectivity index is 0.000000187. The van der Waals surface area contributed by atoms with Crippen LogP contribution in [0.25, 0.3) is 0 Å². The summed E-state index contributed by atoms with van der Waals surface area (Å²) in [6.45, 7) is 0. The minimum absolute atomic E-state index is 1.50. The first-order chi connectivity index (χ1) is 5.00. The third kappa shape index (κ3) is 18.7. The van der Waals surface area contributed by atoms with Crippen LogP contribution in [0.1, 0.15) is 38.5 Å². The molecule has 0 heterocycles. The quantitative estimate of drug-likeness (QED) is 0.511. The molecule has 11 heavy (non-hydrogen) atoms. The van der Waals surface area contributed by atoms with E-state index < -0.39 is 11.9 Å². The average molecular weight is 421 g/mol. The third-order valence-corrected chi connectivity index (χ3v) is 1.50. The van der Waals surface area contributed by atoms with Crippen molar-refractivity contribution in [1.82, 2.24) is 0 Å². The summed E-state index contributed by atoms with van der Waals surface area (Å²) in [6.07, 6.45) is 9.00. The van der Waals surface area contributed by atoms with Gasteiger partial charge in [-0.1, -0.05) is 38.5 Å². The van der Waals surface area contributed by atoms with Crippen molar-refractivity contribution in [2.24, 2.45) is 0 Å². The topological polar surface area (TPSA) is 0 Å². The molecule has 0 unspecified atom stereocenters. The van der Waals surface area contributed by atoms with E-state index in [2.05, 4.69) is 0 Å². The van der Waals surface area contributed by atoms with E-state index in [1.165, 1.54) is 38.5 Å². The van der Waals surface area contributed by atoms with E-state index in [-0.39, 0.29) is 0 Å². The van der Waals surface area contributed by atoms with Crippen LogP contribution in [0, 0.1) is 0 Å². The molecule has 0 bridgehead atoms.